The molecule has 0 bridgehead atoms. The van der Waals surface area contributed by atoms with Crippen molar-refractivity contribution in [2.24, 2.45) is 0 Å². The van der Waals surface area contributed by atoms with Crippen LogP contribution >= 0.6 is 0 Å². The maximum atomic E-state index is 12.8. The third kappa shape index (κ3) is 3.47. The van der Waals surface area contributed by atoms with Gasteiger partial charge in [-0.15, -0.1) is 0 Å². The molecule has 1 aliphatic heterocycles. The maximum Gasteiger partial charge on any atom is 0.255 e. The highest BCUT2D eigenvalue weighted by Crippen LogP contribution is 2.29. The molecule has 2 rings (SSSR count). The molecule has 1 aromatic rings. The molecule has 0 atom stereocenters. The van der Waals surface area contributed by atoms with E-state index in [-0.39, 0.29) is 5.91 Å². The number of aromatic nitrogens is 1. The van der Waals surface area contributed by atoms with E-state index in [1.165, 1.54) is 0 Å². The summed E-state index contributed by atoms with van der Waals surface area (Å²) in [6.07, 6.45) is 3.16. The van der Waals surface area contributed by atoms with Crippen LogP contribution in [-0.2, 0) is 9.47 Å². The van der Waals surface area contributed by atoms with Crippen molar-refractivity contribution in [2.45, 2.75) is 46.3 Å². The van der Waals surface area contributed by atoms with Crippen molar-refractivity contribution < 1.29 is 14.3 Å². The summed E-state index contributed by atoms with van der Waals surface area (Å²) in [5, 5.41) is 0. The molecule has 1 saturated heterocycles. The number of nitrogens with zero attached hydrogens (tertiary/aromatic N) is 2. The zero-order valence-corrected chi connectivity index (χ0v) is 14.0. The number of aryl methyl sites for hydroxylation is 2. The van der Waals surface area contributed by atoms with Gasteiger partial charge < -0.3 is 14.4 Å². The Morgan fingerprint density at radius 2 is 1.82 bits per heavy atom. The molecule has 0 radical (unpaired) electrons. The van der Waals surface area contributed by atoms with Crippen LogP contribution in [0.25, 0.3) is 0 Å². The molecule has 122 valence electrons. The first-order chi connectivity index (χ1) is 10.5. The van der Waals surface area contributed by atoms with E-state index in [1.54, 1.807) is 6.20 Å². The number of piperidine rings is 1. The van der Waals surface area contributed by atoms with Crippen molar-refractivity contribution in [3.05, 3.63) is 29.1 Å². The molecule has 0 saturated carbocycles. The predicted octanol–water partition coefficient (Wildman–Crippen LogP) is 2.70. The lowest BCUT2D eigenvalue weighted by Crippen LogP contribution is -2.49. The summed E-state index contributed by atoms with van der Waals surface area (Å²) in [4.78, 5) is 18.9. The molecule has 1 amide bonds. The molecule has 0 N–H and O–H groups in total. The van der Waals surface area contributed by atoms with Crippen LogP contribution < -0.4 is 0 Å². The molecule has 0 spiro atoms. The van der Waals surface area contributed by atoms with Gasteiger partial charge in [0.1, 0.15) is 0 Å². The van der Waals surface area contributed by atoms with Crippen molar-refractivity contribution in [1.29, 1.82) is 0 Å². The molecule has 1 fully saturated rings. The van der Waals surface area contributed by atoms with Crippen LogP contribution in [0.3, 0.4) is 0 Å². The van der Waals surface area contributed by atoms with Gasteiger partial charge in [0.15, 0.2) is 5.79 Å². The fourth-order valence-corrected chi connectivity index (χ4v) is 3.08. The van der Waals surface area contributed by atoms with Gasteiger partial charge in [-0.1, -0.05) is 0 Å². The minimum absolute atomic E-state index is 0.0599. The van der Waals surface area contributed by atoms with Gasteiger partial charge in [-0.25, -0.2) is 0 Å². The van der Waals surface area contributed by atoms with Crippen LogP contribution in [0.15, 0.2) is 12.3 Å². The standard InChI is InChI=1S/C17H26N2O3/c1-5-21-17(22-6-2)8-11-19(12-9-17)16(20)15-13(3)7-10-18-14(15)4/h7,10H,5-6,8-9,11-12H2,1-4H3. The molecule has 2 heterocycles. The first-order valence-corrected chi connectivity index (χ1v) is 8.02. The Labute approximate surface area is 132 Å². The molecule has 0 aromatic carbocycles. The van der Waals surface area contributed by atoms with Crippen LogP contribution in [0, 0.1) is 13.8 Å². The molecule has 0 aliphatic carbocycles. The third-order valence-corrected chi connectivity index (χ3v) is 4.19. The Hall–Kier alpha value is -1.46. The number of hydrogen-bond acceptors (Lipinski definition) is 4. The van der Waals surface area contributed by atoms with E-state index in [1.807, 2.05) is 38.7 Å². The molecule has 5 heteroatoms. The number of amides is 1. The Balaban J connectivity index is 2.09. The second-order valence-electron chi connectivity index (χ2n) is 5.66. The number of carbonyl (C=O) groups excluding carboxylic acids is 1. The number of rotatable bonds is 5. The van der Waals surface area contributed by atoms with Gasteiger partial charge in [0.05, 0.1) is 11.3 Å². The molecular weight excluding hydrogens is 280 g/mol. The minimum atomic E-state index is -0.528. The Morgan fingerprint density at radius 3 is 2.32 bits per heavy atom. The normalized spacial score (nSPS) is 17.5. The minimum Gasteiger partial charge on any atom is -0.350 e. The summed E-state index contributed by atoms with van der Waals surface area (Å²) in [6, 6.07) is 1.88. The SMILES string of the molecule is CCOC1(OCC)CCN(C(=O)c2c(C)ccnc2C)CC1. The van der Waals surface area contributed by atoms with Gasteiger partial charge in [-0.3, -0.25) is 9.78 Å². The summed E-state index contributed by atoms with van der Waals surface area (Å²) in [5.74, 6) is -0.469. The highest BCUT2D eigenvalue weighted by atomic mass is 16.7. The highest BCUT2D eigenvalue weighted by molar-refractivity contribution is 5.96. The highest BCUT2D eigenvalue weighted by Gasteiger charge is 2.37. The zero-order valence-electron chi connectivity index (χ0n) is 14.0. The number of pyridine rings is 1. The number of carbonyl (C=O) groups is 1. The Kier molecular flexibility index (Phi) is 5.53. The maximum absolute atomic E-state index is 12.8. The quantitative estimate of drug-likeness (QED) is 0.785. The van der Waals surface area contributed by atoms with E-state index in [9.17, 15) is 4.79 Å². The molecule has 0 unspecified atom stereocenters. The molecular formula is C17H26N2O3. The molecule has 1 aromatic heterocycles. The van der Waals surface area contributed by atoms with Crippen LogP contribution in [0.2, 0.25) is 0 Å². The lowest BCUT2D eigenvalue weighted by Gasteiger charge is -2.41. The number of hydrogen-bond donors (Lipinski definition) is 0. The van der Waals surface area contributed by atoms with Crippen LogP contribution in [0.5, 0.6) is 0 Å². The van der Waals surface area contributed by atoms with E-state index in [0.29, 0.717) is 39.1 Å². The van der Waals surface area contributed by atoms with E-state index in [4.69, 9.17) is 9.47 Å². The second-order valence-corrected chi connectivity index (χ2v) is 5.66. The van der Waals surface area contributed by atoms with Gasteiger partial charge in [-0.2, -0.15) is 0 Å². The van der Waals surface area contributed by atoms with Crippen molar-refractivity contribution in [1.82, 2.24) is 9.88 Å². The summed E-state index contributed by atoms with van der Waals surface area (Å²) < 4.78 is 11.6. The van der Waals surface area contributed by atoms with Crippen LogP contribution in [0.4, 0.5) is 0 Å². The zero-order chi connectivity index (χ0) is 16.2. The Bertz CT molecular complexity index is 494. The summed E-state index contributed by atoms with van der Waals surface area (Å²) in [7, 11) is 0. The van der Waals surface area contributed by atoms with Crippen molar-refractivity contribution in [3.8, 4) is 0 Å². The topological polar surface area (TPSA) is 51.7 Å². The first-order valence-electron chi connectivity index (χ1n) is 8.02. The van der Waals surface area contributed by atoms with Gasteiger partial charge in [-0.05, 0) is 39.3 Å². The fraction of sp³-hybridized carbons (Fsp3) is 0.647. The monoisotopic (exact) mass is 306 g/mol. The average Bonchev–Trinajstić information content (AvgIpc) is 2.48. The van der Waals surface area contributed by atoms with E-state index in [0.717, 1.165) is 16.8 Å². The van der Waals surface area contributed by atoms with Crippen LogP contribution in [0.1, 0.15) is 48.3 Å². The summed E-state index contributed by atoms with van der Waals surface area (Å²) >= 11 is 0. The van der Waals surface area contributed by atoms with Gasteiger partial charge in [0.2, 0.25) is 0 Å². The molecule has 5 nitrogen and oxygen atoms in total. The third-order valence-electron chi connectivity index (χ3n) is 4.19. The largest absolute Gasteiger partial charge is 0.350 e. The average molecular weight is 306 g/mol. The molecule has 1 aliphatic rings. The van der Waals surface area contributed by atoms with Crippen molar-refractivity contribution in [2.75, 3.05) is 26.3 Å². The lowest BCUT2D eigenvalue weighted by atomic mass is 10.0. The smallest absolute Gasteiger partial charge is 0.255 e. The number of likely N-dealkylation sites (tertiary alicyclic amines) is 1. The molecule has 22 heavy (non-hydrogen) atoms. The predicted molar refractivity (Wildman–Crippen MR) is 84.8 cm³/mol. The van der Waals surface area contributed by atoms with E-state index >= 15 is 0 Å². The first kappa shape index (κ1) is 16.9. The van der Waals surface area contributed by atoms with Gasteiger partial charge in [0.25, 0.3) is 5.91 Å². The van der Waals surface area contributed by atoms with Crippen LogP contribution in [-0.4, -0.2) is 47.9 Å². The van der Waals surface area contributed by atoms with E-state index in [2.05, 4.69) is 4.98 Å². The lowest BCUT2D eigenvalue weighted by molar-refractivity contribution is -0.250. The second kappa shape index (κ2) is 7.20. The van der Waals surface area contributed by atoms with Gasteiger partial charge >= 0.3 is 0 Å². The fourth-order valence-electron chi connectivity index (χ4n) is 3.08. The van der Waals surface area contributed by atoms with Crippen molar-refractivity contribution >= 4 is 5.91 Å². The number of ether oxygens (including phenoxy) is 2. The van der Waals surface area contributed by atoms with Gasteiger partial charge in [0, 0.05) is 45.3 Å². The summed E-state index contributed by atoms with van der Waals surface area (Å²) in [5.41, 5.74) is 2.49. The summed E-state index contributed by atoms with van der Waals surface area (Å²) in [6.45, 7) is 10.3. The van der Waals surface area contributed by atoms with Crippen molar-refractivity contribution in [3.63, 3.8) is 0 Å². The Morgan fingerprint density at radius 1 is 1.23 bits per heavy atom. The van der Waals surface area contributed by atoms with E-state index < -0.39 is 5.79 Å².